The average molecular weight is 583 g/mol. The van der Waals surface area contributed by atoms with Crippen molar-refractivity contribution in [2.24, 2.45) is 0 Å². The monoisotopic (exact) mass is 582 g/mol. The maximum Gasteiger partial charge on any atom is 0.135 e. The van der Waals surface area contributed by atoms with E-state index in [4.69, 9.17) is 13.8 Å². The average Bonchev–Trinajstić information content (AvgIpc) is 3.74. The Kier molecular flexibility index (Phi) is 4.84. The summed E-state index contributed by atoms with van der Waals surface area (Å²) in [7, 11) is 0. The largest absolute Gasteiger partial charge is 0.456 e. The minimum atomic E-state index is 0.870. The lowest BCUT2D eigenvalue weighted by molar-refractivity contribution is 0.668. The molecule has 0 aliphatic carbocycles. The van der Waals surface area contributed by atoms with E-state index >= 15 is 0 Å². The number of thiophene rings is 1. The Hall–Kier alpha value is -5.65. The van der Waals surface area contributed by atoms with Gasteiger partial charge >= 0.3 is 0 Å². The highest BCUT2D eigenvalue weighted by molar-refractivity contribution is 7.26. The second-order valence-corrected chi connectivity index (χ2v) is 12.3. The fourth-order valence-electron chi connectivity index (χ4n) is 6.70. The molecule has 0 radical (unpaired) electrons. The van der Waals surface area contributed by atoms with Gasteiger partial charge in [-0.15, -0.1) is 11.3 Å². The smallest absolute Gasteiger partial charge is 0.135 e. The first kappa shape index (κ1) is 23.9. The Morgan fingerprint density at radius 3 is 1.70 bits per heavy atom. The second-order valence-electron chi connectivity index (χ2n) is 11.2. The SMILES string of the molecule is c1ccc2cc3c(cc2c1)sc1cncc(N(c2ccc4oc5ccccc5c4c2)c2ccc4oc5ccccc5c4c2)c13. The molecular weight excluding hydrogens is 561 g/mol. The molecule has 206 valence electrons. The van der Waals surface area contributed by atoms with Gasteiger partial charge in [0.1, 0.15) is 22.3 Å². The van der Waals surface area contributed by atoms with E-state index in [2.05, 4.69) is 102 Å². The van der Waals surface area contributed by atoms with Crippen LogP contribution in [-0.2, 0) is 0 Å². The number of fused-ring (bicyclic) bond motifs is 10. The summed E-state index contributed by atoms with van der Waals surface area (Å²) in [6.07, 6.45) is 3.99. The van der Waals surface area contributed by atoms with Crippen molar-refractivity contribution in [3.63, 3.8) is 0 Å². The molecule has 0 saturated carbocycles. The van der Waals surface area contributed by atoms with Crippen LogP contribution >= 0.6 is 11.3 Å². The van der Waals surface area contributed by atoms with E-state index < -0.39 is 0 Å². The topological polar surface area (TPSA) is 42.4 Å². The van der Waals surface area contributed by atoms with Gasteiger partial charge in [0.05, 0.1) is 16.6 Å². The van der Waals surface area contributed by atoms with Gasteiger partial charge in [-0.3, -0.25) is 4.98 Å². The first-order valence-corrected chi connectivity index (χ1v) is 15.4. The molecule has 0 fully saturated rings. The molecule has 5 heteroatoms. The maximum absolute atomic E-state index is 6.21. The Labute approximate surface area is 255 Å². The van der Waals surface area contributed by atoms with Crippen molar-refractivity contribution >= 4 is 103 Å². The third-order valence-corrected chi connectivity index (χ3v) is 9.79. The van der Waals surface area contributed by atoms with Crippen LogP contribution < -0.4 is 4.90 Å². The summed E-state index contributed by atoms with van der Waals surface area (Å²) in [6, 6.07) is 42.6. The molecule has 0 saturated heterocycles. The molecule has 0 bridgehead atoms. The van der Waals surface area contributed by atoms with Crippen LogP contribution in [0.15, 0.2) is 143 Å². The van der Waals surface area contributed by atoms with Crippen molar-refractivity contribution in [1.82, 2.24) is 4.98 Å². The summed E-state index contributed by atoms with van der Waals surface area (Å²) in [6.45, 7) is 0. The minimum Gasteiger partial charge on any atom is -0.456 e. The first-order chi connectivity index (χ1) is 21.8. The van der Waals surface area contributed by atoms with Gasteiger partial charge in [0, 0.05) is 54.6 Å². The zero-order chi connectivity index (χ0) is 28.8. The molecule has 0 N–H and O–H groups in total. The summed E-state index contributed by atoms with van der Waals surface area (Å²) in [4.78, 5) is 7.12. The van der Waals surface area contributed by atoms with Gasteiger partial charge in [0.15, 0.2) is 0 Å². The predicted octanol–water partition coefficient (Wildman–Crippen LogP) is 11.9. The van der Waals surface area contributed by atoms with Gasteiger partial charge in [0.2, 0.25) is 0 Å². The summed E-state index contributed by atoms with van der Waals surface area (Å²) >= 11 is 1.79. The normalized spacial score (nSPS) is 12.1. The Morgan fingerprint density at radius 2 is 1.05 bits per heavy atom. The number of aromatic nitrogens is 1. The quantitative estimate of drug-likeness (QED) is 0.208. The van der Waals surface area contributed by atoms with Crippen molar-refractivity contribution in [2.75, 3.05) is 4.90 Å². The molecular formula is C39H22N2O2S. The van der Waals surface area contributed by atoms with E-state index in [0.29, 0.717) is 0 Å². The number of furan rings is 2. The maximum atomic E-state index is 6.21. The van der Waals surface area contributed by atoms with Crippen LogP contribution in [0.2, 0.25) is 0 Å². The van der Waals surface area contributed by atoms with E-state index in [1.807, 2.05) is 36.7 Å². The number of hydrogen-bond acceptors (Lipinski definition) is 5. The van der Waals surface area contributed by atoms with E-state index in [1.54, 1.807) is 11.3 Å². The molecule has 0 aliphatic rings. The summed E-state index contributed by atoms with van der Waals surface area (Å²) < 4.78 is 14.8. The first-order valence-electron chi connectivity index (χ1n) is 14.6. The third-order valence-electron chi connectivity index (χ3n) is 8.71. The van der Waals surface area contributed by atoms with Gasteiger partial charge < -0.3 is 13.7 Å². The van der Waals surface area contributed by atoms with E-state index in [0.717, 1.165) is 65.6 Å². The Morgan fingerprint density at radius 1 is 0.477 bits per heavy atom. The van der Waals surface area contributed by atoms with Crippen LogP contribution in [0.25, 0.3) is 74.8 Å². The molecule has 4 nitrogen and oxygen atoms in total. The minimum absolute atomic E-state index is 0.870. The number of pyridine rings is 1. The second kappa shape index (κ2) is 8.93. The van der Waals surface area contributed by atoms with Gasteiger partial charge in [-0.2, -0.15) is 0 Å². The molecule has 10 rings (SSSR count). The molecule has 44 heavy (non-hydrogen) atoms. The van der Waals surface area contributed by atoms with Crippen LogP contribution in [-0.4, -0.2) is 4.98 Å². The fourth-order valence-corrected chi connectivity index (χ4v) is 7.82. The van der Waals surface area contributed by atoms with Crippen molar-refractivity contribution in [1.29, 1.82) is 0 Å². The van der Waals surface area contributed by atoms with Gasteiger partial charge in [-0.25, -0.2) is 0 Å². The molecule has 0 spiro atoms. The number of para-hydroxylation sites is 2. The zero-order valence-corrected chi connectivity index (χ0v) is 24.1. The molecule has 0 aliphatic heterocycles. The zero-order valence-electron chi connectivity index (χ0n) is 23.3. The van der Waals surface area contributed by atoms with Crippen molar-refractivity contribution in [3.8, 4) is 0 Å². The van der Waals surface area contributed by atoms with Crippen molar-refractivity contribution in [2.45, 2.75) is 0 Å². The molecule has 4 heterocycles. The fraction of sp³-hybridized carbons (Fsp3) is 0. The number of anilines is 3. The number of benzene rings is 6. The molecule has 0 atom stereocenters. The highest BCUT2D eigenvalue weighted by Crippen LogP contribution is 2.47. The van der Waals surface area contributed by atoms with Crippen molar-refractivity contribution < 1.29 is 8.83 Å². The van der Waals surface area contributed by atoms with Crippen LogP contribution in [0.4, 0.5) is 17.1 Å². The lowest BCUT2D eigenvalue weighted by atomic mass is 10.0. The Balaban J connectivity index is 1.30. The van der Waals surface area contributed by atoms with Crippen molar-refractivity contribution in [3.05, 3.63) is 134 Å². The van der Waals surface area contributed by atoms with E-state index in [9.17, 15) is 0 Å². The lowest BCUT2D eigenvalue weighted by Crippen LogP contribution is -2.10. The van der Waals surface area contributed by atoms with Crippen LogP contribution in [0.3, 0.4) is 0 Å². The van der Waals surface area contributed by atoms with Gasteiger partial charge in [-0.05, 0) is 71.4 Å². The van der Waals surface area contributed by atoms with E-state index in [-0.39, 0.29) is 0 Å². The summed E-state index contributed by atoms with van der Waals surface area (Å²) in [5, 5.41) is 9.27. The highest BCUT2D eigenvalue weighted by Gasteiger charge is 2.22. The number of hydrogen-bond donors (Lipinski definition) is 0. The molecule has 6 aromatic carbocycles. The lowest BCUT2D eigenvalue weighted by Gasteiger charge is -2.26. The number of nitrogens with zero attached hydrogens (tertiary/aromatic N) is 2. The number of rotatable bonds is 3. The summed E-state index contributed by atoms with van der Waals surface area (Å²) in [5.74, 6) is 0. The standard InChI is InChI=1S/C39H22N2O2S/c1-2-8-24-18-37-31(17-23(24)7-1)39-32(21-40-22-38(39)44-37)41(25-13-15-35-29(19-25)27-9-3-5-11-33(27)42-35)26-14-16-36-30(20-26)28-10-4-6-12-34(28)43-36/h1-22H. The van der Waals surface area contributed by atoms with Crippen LogP contribution in [0.1, 0.15) is 0 Å². The van der Waals surface area contributed by atoms with Crippen LogP contribution in [0.5, 0.6) is 0 Å². The summed E-state index contributed by atoms with van der Waals surface area (Å²) in [5.41, 5.74) is 6.61. The van der Waals surface area contributed by atoms with Crippen LogP contribution in [0, 0.1) is 0 Å². The van der Waals surface area contributed by atoms with E-state index in [1.165, 1.54) is 26.2 Å². The molecule has 10 aromatic rings. The highest BCUT2D eigenvalue weighted by atomic mass is 32.1. The molecule has 4 aromatic heterocycles. The van der Waals surface area contributed by atoms with Gasteiger partial charge in [-0.1, -0.05) is 60.7 Å². The Bertz CT molecular complexity index is 2640. The predicted molar refractivity (Wildman–Crippen MR) is 184 cm³/mol. The molecule has 0 unspecified atom stereocenters. The third kappa shape index (κ3) is 3.41. The van der Waals surface area contributed by atoms with Gasteiger partial charge in [0.25, 0.3) is 0 Å². The molecule has 0 amide bonds.